The van der Waals surface area contributed by atoms with Crippen LogP contribution in [0.5, 0.6) is 0 Å². The van der Waals surface area contributed by atoms with E-state index in [4.69, 9.17) is 4.74 Å². The highest BCUT2D eigenvalue weighted by molar-refractivity contribution is 6.02. The first kappa shape index (κ1) is 17.7. The maximum Gasteiger partial charge on any atom is 0.355 e. The largest absolute Gasteiger partial charge is 0.453 e. The molecule has 0 aliphatic carbocycles. The third kappa shape index (κ3) is 3.62. The molecule has 0 spiro atoms. The first-order chi connectivity index (χ1) is 11.3. The fraction of sp³-hybridized carbons (Fsp3) is 0.316. The van der Waals surface area contributed by atoms with Gasteiger partial charge in [-0.1, -0.05) is 31.2 Å². The molecule has 0 fully saturated rings. The van der Waals surface area contributed by atoms with E-state index >= 15 is 0 Å². The van der Waals surface area contributed by atoms with E-state index in [2.05, 4.69) is 4.98 Å². The Bertz CT molecular complexity index is 784. The molecule has 0 unspecified atom stereocenters. The van der Waals surface area contributed by atoms with Crippen molar-refractivity contribution in [2.75, 3.05) is 6.61 Å². The van der Waals surface area contributed by atoms with Crippen LogP contribution in [-0.4, -0.2) is 29.1 Å². The summed E-state index contributed by atoms with van der Waals surface area (Å²) in [5, 5.41) is 0. The number of nitrogens with one attached hydrogen (secondary N) is 1. The SMILES string of the molecule is CCc1ccc(C(=O)COC(=O)c2[nH]c(C)c(C(C)=O)c2C)cc1. The van der Waals surface area contributed by atoms with E-state index in [0.29, 0.717) is 22.4 Å². The number of carbonyl (C=O) groups excluding carboxylic acids is 3. The van der Waals surface area contributed by atoms with Gasteiger partial charge in [0.2, 0.25) is 0 Å². The van der Waals surface area contributed by atoms with Crippen LogP contribution in [0, 0.1) is 13.8 Å². The minimum absolute atomic E-state index is 0.118. The molecular formula is C19H21NO4. The highest BCUT2D eigenvalue weighted by Gasteiger charge is 2.21. The van der Waals surface area contributed by atoms with Gasteiger partial charge >= 0.3 is 5.97 Å². The summed E-state index contributed by atoms with van der Waals surface area (Å²) in [7, 11) is 0. The molecule has 0 aliphatic heterocycles. The molecule has 0 radical (unpaired) electrons. The summed E-state index contributed by atoms with van der Waals surface area (Å²) >= 11 is 0. The van der Waals surface area contributed by atoms with Gasteiger partial charge in [0.25, 0.3) is 0 Å². The lowest BCUT2D eigenvalue weighted by Crippen LogP contribution is -2.15. The van der Waals surface area contributed by atoms with Crippen molar-refractivity contribution in [3.63, 3.8) is 0 Å². The molecule has 0 amide bonds. The maximum absolute atomic E-state index is 12.2. The van der Waals surface area contributed by atoms with Gasteiger partial charge in [-0.3, -0.25) is 9.59 Å². The van der Waals surface area contributed by atoms with E-state index in [-0.39, 0.29) is 23.9 Å². The molecule has 0 saturated heterocycles. The molecule has 1 aromatic carbocycles. The molecule has 24 heavy (non-hydrogen) atoms. The minimum Gasteiger partial charge on any atom is -0.453 e. The van der Waals surface area contributed by atoms with Crippen LogP contribution in [0.1, 0.15) is 61.9 Å². The molecule has 0 aliphatic rings. The molecular weight excluding hydrogens is 306 g/mol. The molecule has 0 saturated carbocycles. The number of rotatable bonds is 6. The Labute approximate surface area is 141 Å². The highest BCUT2D eigenvalue weighted by Crippen LogP contribution is 2.19. The number of esters is 1. The van der Waals surface area contributed by atoms with Gasteiger partial charge in [-0.15, -0.1) is 0 Å². The summed E-state index contributed by atoms with van der Waals surface area (Å²) in [5.41, 5.74) is 3.51. The number of aromatic nitrogens is 1. The highest BCUT2D eigenvalue weighted by atomic mass is 16.5. The monoisotopic (exact) mass is 327 g/mol. The Hall–Kier alpha value is -2.69. The molecule has 5 nitrogen and oxygen atoms in total. The predicted octanol–water partition coefficient (Wildman–Crippen LogP) is 3.44. The van der Waals surface area contributed by atoms with Crippen LogP contribution in [0.15, 0.2) is 24.3 Å². The molecule has 2 rings (SSSR count). The van der Waals surface area contributed by atoms with Gasteiger partial charge in [-0.2, -0.15) is 0 Å². The van der Waals surface area contributed by atoms with Crippen LogP contribution in [0.3, 0.4) is 0 Å². The quantitative estimate of drug-likeness (QED) is 0.651. The Morgan fingerprint density at radius 3 is 2.21 bits per heavy atom. The number of Topliss-reactive ketones (excluding diaryl/α,β-unsaturated/α-hetero) is 2. The fourth-order valence-electron chi connectivity index (χ4n) is 2.70. The molecule has 2 aromatic rings. The van der Waals surface area contributed by atoms with E-state index < -0.39 is 5.97 Å². The van der Waals surface area contributed by atoms with Crippen molar-refractivity contribution in [3.05, 3.63) is 57.9 Å². The van der Waals surface area contributed by atoms with Crippen molar-refractivity contribution in [3.8, 4) is 0 Å². The predicted molar refractivity (Wildman–Crippen MR) is 90.7 cm³/mol. The number of ketones is 2. The minimum atomic E-state index is -0.637. The fourth-order valence-corrected chi connectivity index (χ4v) is 2.70. The number of benzene rings is 1. The summed E-state index contributed by atoms with van der Waals surface area (Å²) in [5.74, 6) is -1.02. The molecule has 126 valence electrons. The Morgan fingerprint density at radius 2 is 1.71 bits per heavy atom. The van der Waals surface area contributed by atoms with Crippen LogP contribution in [0.2, 0.25) is 0 Å². The number of aromatic amines is 1. The van der Waals surface area contributed by atoms with Crippen molar-refractivity contribution < 1.29 is 19.1 Å². The molecule has 0 bridgehead atoms. The Balaban J connectivity index is 2.06. The standard InChI is InChI=1S/C19H21NO4/c1-5-14-6-8-15(9-7-14)16(22)10-24-19(23)18-11(2)17(13(4)21)12(3)20-18/h6-9,20H,5,10H2,1-4H3. The van der Waals surface area contributed by atoms with E-state index in [0.717, 1.165) is 12.0 Å². The smallest absolute Gasteiger partial charge is 0.355 e. The van der Waals surface area contributed by atoms with Gasteiger partial charge in [0, 0.05) is 16.8 Å². The first-order valence-corrected chi connectivity index (χ1v) is 7.84. The van der Waals surface area contributed by atoms with Gasteiger partial charge in [-0.05, 0) is 38.3 Å². The van der Waals surface area contributed by atoms with Gasteiger partial charge in [0.1, 0.15) is 5.69 Å². The molecule has 0 atom stereocenters. The molecule has 1 heterocycles. The van der Waals surface area contributed by atoms with Crippen LogP contribution in [-0.2, 0) is 11.2 Å². The van der Waals surface area contributed by atoms with Crippen LogP contribution >= 0.6 is 0 Å². The van der Waals surface area contributed by atoms with Crippen LogP contribution < -0.4 is 0 Å². The van der Waals surface area contributed by atoms with E-state index in [9.17, 15) is 14.4 Å². The molecule has 5 heteroatoms. The van der Waals surface area contributed by atoms with Crippen LogP contribution in [0.4, 0.5) is 0 Å². The second kappa shape index (κ2) is 7.25. The second-order valence-electron chi connectivity index (χ2n) is 5.73. The second-order valence-corrected chi connectivity index (χ2v) is 5.73. The summed E-state index contributed by atoms with van der Waals surface area (Å²) in [6, 6.07) is 7.22. The van der Waals surface area contributed by atoms with Gasteiger partial charge in [0.15, 0.2) is 18.2 Å². The van der Waals surface area contributed by atoms with Gasteiger partial charge in [0.05, 0.1) is 0 Å². The zero-order chi connectivity index (χ0) is 17.9. The number of aryl methyl sites for hydroxylation is 2. The third-order valence-corrected chi connectivity index (χ3v) is 4.01. The zero-order valence-corrected chi connectivity index (χ0v) is 14.4. The number of H-pyrrole nitrogens is 1. The third-order valence-electron chi connectivity index (χ3n) is 4.01. The van der Waals surface area contributed by atoms with Crippen molar-refractivity contribution in [2.45, 2.75) is 34.1 Å². The lowest BCUT2D eigenvalue weighted by Gasteiger charge is -2.05. The van der Waals surface area contributed by atoms with Crippen molar-refractivity contribution in [1.29, 1.82) is 0 Å². The summed E-state index contributed by atoms with van der Waals surface area (Å²) in [6.07, 6.45) is 0.896. The zero-order valence-electron chi connectivity index (χ0n) is 14.4. The van der Waals surface area contributed by atoms with E-state index in [1.807, 2.05) is 19.1 Å². The number of carbonyl (C=O) groups is 3. The first-order valence-electron chi connectivity index (χ1n) is 7.84. The van der Waals surface area contributed by atoms with Gasteiger partial charge in [-0.25, -0.2) is 4.79 Å². The van der Waals surface area contributed by atoms with E-state index in [1.54, 1.807) is 26.0 Å². The lowest BCUT2D eigenvalue weighted by atomic mass is 10.1. The average Bonchev–Trinajstić information content (AvgIpc) is 2.87. The van der Waals surface area contributed by atoms with E-state index in [1.165, 1.54) is 6.92 Å². The van der Waals surface area contributed by atoms with Crippen molar-refractivity contribution in [2.24, 2.45) is 0 Å². The number of ether oxygens (including phenoxy) is 1. The summed E-state index contributed by atoms with van der Waals surface area (Å²) in [4.78, 5) is 38.7. The van der Waals surface area contributed by atoms with Gasteiger partial charge < -0.3 is 9.72 Å². The normalized spacial score (nSPS) is 10.5. The Kier molecular flexibility index (Phi) is 5.34. The lowest BCUT2D eigenvalue weighted by molar-refractivity contribution is 0.0468. The Morgan fingerprint density at radius 1 is 1.08 bits per heavy atom. The summed E-state index contributed by atoms with van der Waals surface area (Å²) < 4.78 is 5.10. The van der Waals surface area contributed by atoms with Crippen LogP contribution in [0.25, 0.3) is 0 Å². The topological polar surface area (TPSA) is 76.2 Å². The molecule has 1 N–H and O–H groups in total. The van der Waals surface area contributed by atoms with Crippen molar-refractivity contribution in [1.82, 2.24) is 4.98 Å². The van der Waals surface area contributed by atoms with Crippen molar-refractivity contribution >= 4 is 17.5 Å². The average molecular weight is 327 g/mol. The number of hydrogen-bond acceptors (Lipinski definition) is 4. The summed E-state index contributed by atoms with van der Waals surface area (Å²) in [6.45, 7) is 6.55. The number of hydrogen-bond donors (Lipinski definition) is 1. The molecule has 1 aromatic heterocycles. The maximum atomic E-state index is 12.2.